The summed E-state index contributed by atoms with van der Waals surface area (Å²) < 4.78 is 0. The second kappa shape index (κ2) is 3.93. The summed E-state index contributed by atoms with van der Waals surface area (Å²) >= 11 is 3.12. The lowest BCUT2D eigenvalue weighted by atomic mass is 10.00. The van der Waals surface area contributed by atoms with E-state index in [1.54, 1.807) is 0 Å². The van der Waals surface area contributed by atoms with Gasteiger partial charge in [0.1, 0.15) is 0 Å². The van der Waals surface area contributed by atoms with Crippen molar-refractivity contribution in [3.05, 3.63) is 0 Å². The summed E-state index contributed by atoms with van der Waals surface area (Å²) in [4.78, 5) is 10.1. The van der Waals surface area contributed by atoms with Crippen LogP contribution < -0.4 is 0 Å². The first kappa shape index (κ1) is 9.91. The first-order chi connectivity index (χ1) is 4.48. The zero-order chi connectivity index (χ0) is 8.20. The van der Waals surface area contributed by atoms with Gasteiger partial charge in [-0.2, -0.15) is 0 Å². The molecule has 0 saturated carbocycles. The zero-order valence-corrected chi connectivity index (χ0v) is 7.39. The van der Waals surface area contributed by atoms with Crippen LogP contribution in [-0.4, -0.2) is 27.1 Å². The highest BCUT2D eigenvalue weighted by molar-refractivity contribution is 9.09. The molecular formula is C6H11BrO3. The van der Waals surface area contributed by atoms with Gasteiger partial charge in [0, 0.05) is 5.33 Å². The van der Waals surface area contributed by atoms with Crippen molar-refractivity contribution in [3.8, 4) is 0 Å². The molecule has 0 bridgehead atoms. The van der Waals surface area contributed by atoms with Gasteiger partial charge in [-0.25, -0.2) is 0 Å². The van der Waals surface area contributed by atoms with E-state index < -0.39 is 11.6 Å². The fourth-order valence-electron chi connectivity index (χ4n) is 0.618. The Labute approximate surface area is 68.2 Å². The molecule has 0 aromatic carbocycles. The van der Waals surface area contributed by atoms with E-state index in [0.29, 0.717) is 11.8 Å². The Morgan fingerprint density at radius 1 is 1.70 bits per heavy atom. The molecule has 0 spiro atoms. The van der Waals surface area contributed by atoms with Gasteiger partial charge in [-0.05, 0) is 13.3 Å². The van der Waals surface area contributed by atoms with Crippen LogP contribution >= 0.6 is 15.9 Å². The van der Waals surface area contributed by atoms with E-state index in [4.69, 9.17) is 5.11 Å². The van der Waals surface area contributed by atoms with Gasteiger partial charge in [0.25, 0.3) is 0 Å². The number of halogens is 1. The Kier molecular flexibility index (Phi) is 3.89. The average molecular weight is 211 g/mol. The molecule has 0 aliphatic heterocycles. The number of hydrogen-bond donors (Lipinski definition) is 2. The van der Waals surface area contributed by atoms with E-state index in [0.717, 1.165) is 0 Å². The van der Waals surface area contributed by atoms with Crippen LogP contribution in [0, 0.1) is 0 Å². The molecule has 0 aliphatic carbocycles. The number of alkyl halides is 1. The molecule has 3 nitrogen and oxygen atoms in total. The van der Waals surface area contributed by atoms with Crippen LogP contribution in [0.3, 0.4) is 0 Å². The van der Waals surface area contributed by atoms with Gasteiger partial charge in [-0.1, -0.05) is 15.9 Å². The number of rotatable bonds is 4. The predicted octanol–water partition coefficient (Wildman–Crippen LogP) is 0.997. The highest BCUT2D eigenvalue weighted by Gasteiger charge is 2.22. The minimum absolute atomic E-state index is 0.196. The fourth-order valence-corrected chi connectivity index (χ4v) is 1.47. The van der Waals surface area contributed by atoms with Crippen molar-refractivity contribution < 1.29 is 15.0 Å². The number of carboxylic acids is 1. The summed E-state index contributed by atoms with van der Waals surface area (Å²) in [5, 5.41) is 18.2. The summed E-state index contributed by atoms with van der Waals surface area (Å²) in [5.41, 5.74) is -1.07. The smallest absolute Gasteiger partial charge is 0.306 e. The number of hydrogen-bond acceptors (Lipinski definition) is 2. The van der Waals surface area contributed by atoms with Crippen molar-refractivity contribution in [1.29, 1.82) is 0 Å². The van der Waals surface area contributed by atoms with Gasteiger partial charge in [0.15, 0.2) is 0 Å². The minimum atomic E-state index is -1.07. The topological polar surface area (TPSA) is 57.5 Å². The lowest BCUT2D eigenvalue weighted by molar-refractivity contribution is -0.141. The Bertz CT molecular complexity index is 122. The van der Waals surface area contributed by atoms with E-state index >= 15 is 0 Å². The molecule has 1 unspecified atom stereocenters. The summed E-state index contributed by atoms with van der Waals surface area (Å²) in [6.07, 6.45) is 0.262. The average Bonchev–Trinajstić information content (AvgIpc) is 1.59. The van der Waals surface area contributed by atoms with Crippen LogP contribution in [0.1, 0.15) is 19.8 Å². The van der Waals surface area contributed by atoms with E-state index in [-0.39, 0.29) is 6.42 Å². The Morgan fingerprint density at radius 3 is 2.50 bits per heavy atom. The lowest BCUT2D eigenvalue weighted by Crippen LogP contribution is -2.28. The Morgan fingerprint density at radius 2 is 2.20 bits per heavy atom. The maximum Gasteiger partial charge on any atom is 0.306 e. The molecule has 60 valence electrons. The molecule has 0 aliphatic rings. The largest absolute Gasteiger partial charge is 0.481 e. The van der Waals surface area contributed by atoms with Gasteiger partial charge in [0.2, 0.25) is 0 Å². The second-order valence-electron chi connectivity index (χ2n) is 2.51. The number of aliphatic hydroxyl groups is 1. The predicted molar refractivity (Wildman–Crippen MR) is 41.3 cm³/mol. The molecule has 0 rings (SSSR count). The van der Waals surface area contributed by atoms with Gasteiger partial charge < -0.3 is 10.2 Å². The van der Waals surface area contributed by atoms with Crippen molar-refractivity contribution in [2.75, 3.05) is 5.33 Å². The van der Waals surface area contributed by atoms with Crippen molar-refractivity contribution in [1.82, 2.24) is 0 Å². The highest BCUT2D eigenvalue weighted by atomic mass is 79.9. The maximum atomic E-state index is 10.1. The number of carbonyl (C=O) groups is 1. The van der Waals surface area contributed by atoms with Crippen LogP contribution in [0.15, 0.2) is 0 Å². The summed E-state index contributed by atoms with van der Waals surface area (Å²) in [7, 11) is 0. The molecule has 2 N–H and O–H groups in total. The highest BCUT2D eigenvalue weighted by Crippen LogP contribution is 2.14. The van der Waals surface area contributed by atoms with Crippen molar-refractivity contribution in [3.63, 3.8) is 0 Å². The first-order valence-corrected chi connectivity index (χ1v) is 4.10. The molecule has 0 heterocycles. The molecule has 0 saturated heterocycles. The van der Waals surface area contributed by atoms with E-state index in [2.05, 4.69) is 15.9 Å². The number of carboxylic acid groups (broad SMARTS) is 1. The van der Waals surface area contributed by atoms with Gasteiger partial charge in [-0.3, -0.25) is 4.79 Å². The standard InChI is InChI=1S/C6H11BrO3/c1-6(10,2-3-7)4-5(8)9/h10H,2-4H2,1H3,(H,8,9). The quantitative estimate of drug-likeness (QED) is 0.682. The number of aliphatic carboxylic acids is 1. The molecule has 10 heavy (non-hydrogen) atoms. The SMILES string of the molecule is CC(O)(CCBr)CC(=O)O. The monoisotopic (exact) mass is 210 g/mol. The summed E-state index contributed by atoms with van der Waals surface area (Å²) in [6.45, 7) is 1.52. The molecule has 0 aromatic rings. The maximum absolute atomic E-state index is 10.1. The second-order valence-corrected chi connectivity index (χ2v) is 3.30. The lowest BCUT2D eigenvalue weighted by Gasteiger charge is -2.18. The van der Waals surface area contributed by atoms with Crippen LogP contribution in [0.25, 0.3) is 0 Å². The van der Waals surface area contributed by atoms with E-state index in [1.807, 2.05) is 0 Å². The van der Waals surface area contributed by atoms with Crippen LogP contribution in [0.4, 0.5) is 0 Å². The van der Waals surface area contributed by atoms with E-state index in [1.165, 1.54) is 6.92 Å². The third-order valence-electron chi connectivity index (χ3n) is 1.17. The molecule has 1 atom stereocenters. The third kappa shape index (κ3) is 4.76. The van der Waals surface area contributed by atoms with Crippen molar-refractivity contribution >= 4 is 21.9 Å². The summed E-state index contributed by atoms with van der Waals surface area (Å²) in [5.74, 6) is -0.967. The molecule has 0 fully saturated rings. The van der Waals surface area contributed by atoms with Gasteiger partial charge >= 0.3 is 5.97 Å². The molecule has 0 radical (unpaired) electrons. The third-order valence-corrected chi connectivity index (χ3v) is 1.56. The van der Waals surface area contributed by atoms with Crippen LogP contribution in [0.2, 0.25) is 0 Å². The fraction of sp³-hybridized carbons (Fsp3) is 0.833. The molecule has 0 aromatic heterocycles. The normalized spacial score (nSPS) is 16.3. The molecule has 0 amide bonds. The van der Waals surface area contributed by atoms with Crippen LogP contribution in [-0.2, 0) is 4.79 Å². The van der Waals surface area contributed by atoms with Crippen molar-refractivity contribution in [2.45, 2.75) is 25.4 Å². The Balaban J connectivity index is 3.74. The van der Waals surface area contributed by atoms with Crippen molar-refractivity contribution in [2.24, 2.45) is 0 Å². The molecular weight excluding hydrogens is 200 g/mol. The molecule has 4 heteroatoms. The van der Waals surface area contributed by atoms with Gasteiger partial charge in [0.05, 0.1) is 12.0 Å². The van der Waals surface area contributed by atoms with E-state index in [9.17, 15) is 9.90 Å². The van der Waals surface area contributed by atoms with Crippen LogP contribution in [0.5, 0.6) is 0 Å². The first-order valence-electron chi connectivity index (χ1n) is 2.98. The van der Waals surface area contributed by atoms with Gasteiger partial charge in [-0.15, -0.1) is 0 Å². The minimum Gasteiger partial charge on any atom is -0.481 e. The summed E-state index contributed by atoms with van der Waals surface area (Å²) in [6, 6.07) is 0. The Hall–Kier alpha value is -0.0900. The zero-order valence-electron chi connectivity index (χ0n) is 5.80.